The van der Waals surface area contributed by atoms with E-state index in [4.69, 9.17) is 4.52 Å². The number of likely N-dealkylation sites (N-methyl/N-ethyl adjacent to an activating group) is 1. The summed E-state index contributed by atoms with van der Waals surface area (Å²) in [5.41, 5.74) is 2.30. The SMILES string of the molecule is Cc1cc(-c2noc(CCC(=O)NC(CN3CCN(C)CC3)c3ccccc3)n2)ccc1F. The fourth-order valence-corrected chi connectivity index (χ4v) is 3.95. The molecule has 4 rings (SSSR count). The molecular formula is C25H30FN5O2. The average molecular weight is 452 g/mol. The molecule has 0 aliphatic carbocycles. The number of piperazine rings is 1. The Morgan fingerprint density at radius 3 is 2.64 bits per heavy atom. The predicted molar refractivity (Wildman–Crippen MR) is 124 cm³/mol. The van der Waals surface area contributed by atoms with Crippen molar-refractivity contribution in [1.82, 2.24) is 25.3 Å². The maximum Gasteiger partial charge on any atom is 0.227 e. The largest absolute Gasteiger partial charge is 0.348 e. The van der Waals surface area contributed by atoms with E-state index in [-0.39, 0.29) is 24.2 Å². The van der Waals surface area contributed by atoms with Crippen molar-refractivity contribution in [3.05, 3.63) is 71.4 Å². The Balaban J connectivity index is 1.35. The summed E-state index contributed by atoms with van der Waals surface area (Å²) in [6.07, 6.45) is 0.588. The molecule has 1 amide bonds. The minimum Gasteiger partial charge on any atom is -0.348 e. The molecule has 0 saturated carbocycles. The Labute approximate surface area is 193 Å². The third-order valence-corrected chi connectivity index (χ3v) is 6.02. The van der Waals surface area contributed by atoms with Gasteiger partial charge in [0.15, 0.2) is 0 Å². The van der Waals surface area contributed by atoms with Gasteiger partial charge in [-0.3, -0.25) is 9.69 Å². The first-order valence-corrected chi connectivity index (χ1v) is 11.3. The lowest BCUT2D eigenvalue weighted by atomic mass is 10.1. The first kappa shape index (κ1) is 23.1. The zero-order chi connectivity index (χ0) is 23.2. The summed E-state index contributed by atoms with van der Waals surface area (Å²) >= 11 is 0. The van der Waals surface area contributed by atoms with Crippen molar-refractivity contribution in [1.29, 1.82) is 0 Å². The fourth-order valence-electron chi connectivity index (χ4n) is 3.95. The number of benzene rings is 2. The van der Waals surface area contributed by atoms with Crippen LogP contribution in [0, 0.1) is 12.7 Å². The number of hydrogen-bond donors (Lipinski definition) is 1. The molecule has 1 N–H and O–H groups in total. The highest BCUT2D eigenvalue weighted by Crippen LogP contribution is 2.20. The fraction of sp³-hybridized carbons (Fsp3) is 0.400. The molecule has 1 atom stereocenters. The number of rotatable bonds is 8. The molecule has 3 aromatic rings. The summed E-state index contributed by atoms with van der Waals surface area (Å²) in [7, 11) is 2.13. The van der Waals surface area contributed by atoms with Crippen LogP contribution in [0.25, 0.3) is 11.4 Å². The monoisotopic (exact) mass is 451 g/mol. The van der Waals surface area contributed by atoms with Gasteiger partial charge in [0.1, 0.15) is 5.82 Å². The molecule has 1 aromatic heterocycles. The minimum absolute atomic E-state index is 0.0599. The molecule has 1 aliphatic heterocycles. The van der Waals surface area contributed by atoms with Crippen molar-refractivity contribution in [2.45, 2.75) is 25.8 Å². The van der Waals surface area contributed by atoms with E-state index in [0.29, 0.717) is 29.3 Å². The van der Waals surface area contributed by atoms with Crippen LogP contribution in [0.1, 0.15) is 29.5 Å². The van der Waals surface area contributed by atoms with E-state index in [1.54, 1.807) is 19.1 Å². The molecule has 0 spiro atoms. The highest BCUT2D eigenvalue weighted by Gasteiger charge is 2.21. The second-order valence-electron chi connectivity index (χ2n) is 8.61. The molecule has 2 heterocycles. The smallest absolute Gasteiger partial charge is 0.227 e. The molecule has 1 aliphatic rings. The zero-order valence-electron chi connectivity index (χ0n) is 19.1. The first-order valence-electron chi connectivity index (χ1n) is 11.3. The summed E-state index contributed by atoms with van der Waals surface area (Å²) in [6.45, 7) is 6.51. The van der Waals surface area contributed by atoms with Gasteiger partial charge >= 0.3 is 0 Å². The van der Waals surface area contributed by atoms with Crippen LogP contribution in [0.3, 0.4) is 0 Å². The molecule has 2 aromatic carbocycles. The minimum atomic E-state index is -0.274. The van der Waals surface area contributed by atoms with Crippen molar-refractivity contribution >= 4 is 5.91 Å². The summed E-state index contributed by atoms with van der Waals surface area (Å²) in [6, 6.07) is 14.7. The van der Waals surface area contributed by atoms with Gasteiger partial charge < -0.3 is 14.7 Å². The van der Waals surface area contributed by atoms with Crippen LogP contribution in [-0.2, 0) is 11.2 Å². The van der Waals surface area contributed by atoms with Crippen LogP contribution in [0.15, 0.2) is 53.1 Å². The Hall–Kier alpha value is -3.10. The molecule has 0 radical (unpaired) electrons. The van der Waals surface area contributed by atoms with E-state index in [9.17, 15) is 9.18 Å². The molecule has 8 heteroatoms. The quantitative estimate of drug-likeness (QED) is 0.567. The first-order chi connectivity index (χ1) is 16.0. The molecular weight excluding hydrogens is 421 g/mol. The van der Waals surface area contributed by atoms with E-state index in [1.807, 2.05) is 18.2 Å². The van der Waals surface area contributed by atoms with E-state index in [0.717, 1.165) is 38.3 Å². The molecule has 174 valence electrons. The number of carbonyl (C=O) groups is 1. The van der Waals surface area contributed by atoms with Gasteiger partial charge in [0.2, 0.25) is 17.6 Å². The summed E-state index contributed by atoms with van der Waals surface area (Å²) < 4.78 is 18.8. The topological polar surface area (TPSA) is 74.5 Å². The standard InChI is InChI=1S/C25H30FN5O2/c1-18-16-20(8-9-21(18)26)25-28-24(33-29-25)11-10-23(32)27-22(19-6-4-3-5-7-19)17-31-14-12-30(2)13-15-31/h3-9,16,22H,10-15,17H2,1-2H3,(H,27,32). The van der Waals surface area contributed by atoms with E-state index in [2.05, 4.69) is 44.4 Å². The number of halogens is 1. The zero-order valence-corrected chi connectivity index (χ0v) is 19.1. The maximum atomic E-state index is 13.5. The van der Waals surface area contributed by atoms with Crippen molar-refractivity contribution < 1.29 is 13.7 Å². The summed E-state index contributed by atoms with van der Waals surface area (Å²) in [4.78, 5) is 21.9. The number of hydrogen-bond acceptors (Lipinski definition) is 6. The van der Waals surface area contributed by atoms with Crippen LogP contribution >= 0.6 is 0 Å². The number of aryl methyl sites for hydroxylation is 2. The Bertz CT molecular complexity index is 1060. The summed E-state index contributed by atoms with van der Waals surface area (Å²) in [5, 5.41) is 7.16. The van der Waals surface area contributed by atoms with Crippen LogP contribution in [-0.4, -0.2) is 65.6 Å². The number of nitrogens with one attached hydrogen (secondary N) is 1. The van der Waals surface area contributed by atoms with Crippen LogP contribution in [0.5, 0.6) is 0 Å². The van der Waals surface area contributed by atoms with E-state index < -0.39 is 0 Å². The highest BCUT2D eigenvalue weighted by molar-refractivity contribution is 5.76. The third kappa shape index (κ3) is 6.24. The second kappa shape index (κ2) is 10.7. The normalized spacial score (nSPS) is 16.0. The lowest BCUT2D eigenvalue weighted by Gasteiger charge is -2.35. The van der Waals surface area contributed by atoms with Crippen molar-refractivity contribution in [2.24, 2.45) is 0 Å². The maximum absolute atomic E-state index is 13.5. The van der Waals surface area contributed by atoms with Crippen molar-refractivity contribution in [3.8, 4) is 11.4 Å². The molecule has 33 heavy (non-hydrogen) atoms. The number of aromatic nitrogens is 2. The second-order valence-corrected chi connectivity index (χ2v) is 8.61. The summed E-state index contributed by atoms with van der Waals surface area (Å²) in [5.74, 6) is 0.447. The number of carbonyl (C=O) groups excluding carboxylic acids is 1. The van der Waals surface area contributed by atoms with Gasteiger partial charge in [-0.05, 0) is 43.3 Å². The lowest BCUT2D eigenvalue weighted by Crippen LogP contribution is -2.47. The Morgan fingerprint density at radius 2 is 1.91 bits per heavy atom. The molecule has 7 nitrogen and oxygen atoms in total. The molecule has 1 unspecified atom stereocenters. The van der Waals surface area contributed by atoms with Gasteiger partial charge in [-0.2, -0.15) is 4.98 Å². The van der Waals surface area contributed by atoms with Gasteiger partial charge in [0, 0.05) is 51.1 Å². The van der Waals surface area contributed by atoms with Gasteiger partial charge in [-0.1, -0.05) is 35.5 Å². The highest BCUT2D eigenvalue weighted by atomic mass is 19.1. The lowest BCUT2D eigenvalue weighted by molar-refractivity contribution is -0.122. The molecule has 1 fully saturated rings. The van der Waals surface area contributed by atoms with Crippen molar-refractivity contribution in [2.75, 3.05) is 39.8 Å². The van der Waals surface area contributed by atoms with Crippen LogP contribution < -0.4 is 5.32 Å². The van der Waals surface area contributed by atoms with Gasteiger partial charge in [-0.15, -0.1) is 0 Å². The van der Waals surface area contributed by atoms with Crippen LogP contribution in [0.2, 0.25) is 0 Å². The van der Waals surface area contributed by atoms with Crippen LogP contribution in [0.4, 0.5) is 4.39 Å². The molecule has 0 bridgehead atoms. The number of nitrogens with zero attached hydrogens (tertiary/aromatic N) is 4. The molecule has 1 saturated heterocycles. The Kier molecular flexibility index (Phi) is 7.47. The van der Waals surface area contributed by atoms with Gasteiger partial charge in [-0.25, -0.2) is 4.39 Å². The van der Waals surface area contributed by atoms with E-state index in [1.165, 1.54) is 6.07 Å². The van der Waals surface area contributed by atoms with Crippen molar-refractivity contribution in [3.63, 3.8) is 0 Å². The predicted octanol–water partition coefficient (Wildman–Crippen LogP) is 3.22. The van der Waals surface area contributed by atoms with E-state index >= 15 is 0 Å². The van der Waals surface area contributed by atoms with Gasteiger partial charge in [0.05, 0.1) is 6.04 Å². The Morgan fingerprint density at radius 1 is 1.15 bits per heavy atom. The third-order valence-electron chi connectivity index (χ3n) is 6.02. The number of amides is 1. The van der Waals surface area contributed by atoms with Gasteiger partial charge in [0.25, 0.3) is 0 Å². The average Bonchev–Trinajstić information content (AvgIpc) is 3.30.